The van der Waals surface area contributed by atoms with Gasteiger partial charge in [-0.1, -0.05) is 68.7 Å². The van der Waals surface area contributed by atoms with Crippen LogP contribution in [0.2, 0.25) is 0 Å². The summed E-state index contributed by atoms with van der Waals surface area (Å²) in [5, 5.41) is 10.2. The predicted octanol–water partition coefficient (Wildman–Crippen LogP) is 6.26. The van der Waals surface area contributed by atoms with E-state index in [0.717, 1.165) is 37.7 Å². The number of rotatable bonds is 10. The predicted molar refractivity (Wildman–Crippen MR) is 124 cm³/mol. The van der Waals surface area contributed by atoms with Crippen LogP contribution in [-0.2, 0) is 29.0 Å². The quantitative estimate of drug-likeness (QED) is 0.462. The average molecular weight is 421 g/mol. The van der Waals surface area contributed by atoms with Gasteiger partial charge in [-0.25, -0.2) is 0 Å². The summed E-state index contributed by atoms with van der Waals surface area (Å²) in [6.45, 7) is 2.88. The van der Waals surface area contributed by atoms with E-state index in [2.05, 4.69) is 37.3 Å². The largest absolute Gasteiger partial charge is 0.508 e. The molecule has 2 aromatic rings. The monoisotopic (exact) mass is 420 g/mol. The fourth-order valence-corrected chi connectivity index (χ4v) is 5.69. The lowest BCUT2D eigenvalue weighted by molar-refractivity contribution is -0.121. The van der Waals surface area contributed by atoms with Crippen LogP contribution in [0.15, 0.2) is 48.5 Å². The van der Waals surface area contributed by atoms with E-state index in [1.165, 1.54) is 30.4 Å². The van der Waals surface area contributed by atoms with Crippen LogP contribution in [0.25, 0.3) is 0 Å². The highest BCUT2D eigenvalue weighted by atomic mass is 16.5. The number of carbonyl (C=O) groups is 1. The molecule has 0 radical (unpaired) electrons. The zero-order valence-corrected chi connectivity index (χ0v) is 18.8. The number of hydrogen-bond donors (Lipinski definition) is 1. The van der Waals surface area contributed by atoms with Crippen LogP contribution in [0.1, 0.15) is 68.6 Å². The molecule has 0 aliphatic heterocycles. The Bertz CT molecular complexity index is 860. The van der Waals surface area contributed by atoms with Crippen molar-refractivity contribution in [3.8, 4) is 5.75 Å². The van der Waals surface area contributed by atoms with Crippen molar-refractivity contribution < 1.29 is 14.6 Å². The molecule has 2 aromatic carbocycles. The first-order valence-corrected chi connectivity index (χ1v) is 12.1. The second kappa shape index (κ2) is 10.5. The third kappa shape index (κ3) is 5.38. The topological polar surface area (TPSA) is 46.5 Å². The summed E-state index contributed by atoms with van der Waals surface area (Å²) in [6, 6.07) is 16.2. The minimum atomic E-state index is 0.148. The number of unbranched alkanes of at least 4 members (excludes halogenated alkanes) is 2. The molecule has 0 spiro atoms. The summed E-state index contributed by atoms with van der Waals surface area (Å²) in [4.78, 5) is 12.9. The first-order valence-electron chi connectivity index (χ1n) is 12.1. The van der Waals surface area contributed by atoms with Crippen molar-refractivity contribution in [3.05, 3.63) is 65.2 Å². The van der Waals surface area contributed by atoms with Gasteiger partial charge in [0.25, 0.3) is 0 Å². The molecule has 4 atom stereocenters. The fourth-order valence-electron chi connectivity index (χ4n) is 5.69. The van der Waals surface area contributed by atoms with E-state index < -0.39 is 0 Å². The maximum atomic E-state index is 12.9. The van der Waals surface area contributed by atoms with Crippen LogP contribution in [-0.4, -0.2) is 17.0 Å². The Morgan fingerprint density at radius 1 is 1.00 bits per heavy atom. The number of fused-ring (bicyclic) bond motifs is 2. The molecule has 166 valence electrons. The highest BCUT2D eigenvalue weighted by molar-refractivity contribution is 5.84. The Labute approximate surface area is 186 Å². The van der Waals surface area contributed by atoms with Gasteiger partial charge in [0.2, 0.25) is 0 Å². The molecule has 1 saturated carbocycles. The molecule has 0 saturated heterocycles. The van der Waals surface area contributed by atoms with Crippen molar-refractivity contribution in [1.82, 2.24) is 0 Å². The molecule has 31 heavy (non-hydrogen) atoms. The number of aromatic hydroxyl groups is 1. The van der Waals surface area contributed by atoms with Gasteiger partial charge in [0, 0.05) is 12.3 Å². The summed E-state index contributed by atoms with van der Waals surface area (Å²) < 4.78 is 6.33. The molecule has 1 N–H and O–H groups in total. The van der Waals surface area contributed by atoms with Gasteiger partial charge in [0.05, 0.1) is 12.7 Å². The summed E-state index contributed by atoms with van der Waals surface area (Å²) in [5.41, 5.74) is 3.52. The van der Waals surface area contributed by atoms with Crippen molar-refractivity contribution in [2.45, 2.75) is 77.4 Å². The van der Waals surface area contributed by atoms with Gasteiger partial charge in [0.1, 0.15) is 11.5 Å². The first-order chi connectivity index (χ1) is 15.2. The normalized spacial score (nSPS) is 23.4. The lowest BCUT2D eigenvalue weighted by Crippen LogP contribution is -2.27. The molecule has 0 aromatic heterocycles. The molecular formula is C28H36O3. The van der Waals surface area contributed by atoms with Crippen LogP contribution in [0, 0.1) is 17.8 Å². The van der Waals surface area contributed by atoms with Crippen molar-refractivity contribution in [2.75, 3.05) is 0 Å². The number of ketones is 1. The van der Waals surface area contributed by atoms with E-state index in [9.17, 15) is 9.90 Å². The molecule has 1 fully saturated rings. The molecule has 0 bridgehead atoms. The third-order valence-electron chi connectivity index (χ3n) is 7.43. The fraction of sp³-hybridized carbons (Fsp3) is 0.536. The lowest BCUT2D eigenvalue weighted by atomic mass is 9.73. The number of ether oxygens (including phenoxy) is 1. The number of Topliss-reactive ketones (excluding diaryl/α,β-unsaturated/α-hetero) is 1. The summed E-state index contributed by atoms with van der Waals surface area (Å²) in [5.74, 6) is 1.79. The van der Waals surface area contributed by atoms with E-state index >= 15 is 0 Å². The number of carbonyl (C=O) groups excluding carboxylic acids is 1. The van der Waals surface area contributed by atoms with Crippen molar-refractivity contribution >= 4 is 5.78 Å². The van der Waals surface area contributed by atoms with E-state index in [0.29, 0.717) is 36.4 Å². The van der Waals surface area contributed by atoms with Crippen LogP contribution >= 0.6 is 0 Å². The van der Waals surface area contributed by atoms with Gasteiger partial charge in [0.15, 0.2) is 0 Å². The highest BCUT2D eigenvalue weighted by Crippen LogP contribution is 2.46. The second-order valence-corrected chi connectivity index (χ2v) is 9.52. The minimum absolute atomic E-state index is 0.148. The molecule has 0 amide bonds. The lowest BCUT2D eigenvalue weighted by Gasteiger charge is -2.31. The van der Waals surface area contributed by atoms with Crippen molar-refractivity contribution in [1.29, 1.82) is 0 Å². The van der Waals surface area contributed by atoms with Crippen LogP contribution < -0.4 is 0 Å². The van der Waals surface area contributed by atoms with E-state index in [-0.39, 0.29) is 12.0 Å². The molecule has 2 unspecified atom stereocenters. The molecule has 3 nitrogen and oxygen atoms in total. The van der Waals surface area contributed by atoms with Gasteiger partial charge in [-0.3, -0.25) is 4.79 Å². The van der Waals surface area contributed by atoms with Gasteiger partial charge in [-0.2, -0.15) is 0 Å². The molecule has 3 heteroatoms. The average Bonchev–Trinajstić information content (AvgIpc) is 3.09. The Kier molecular flexibility index (Phi) is 7.45. The Morgan fingerprint density at radius 2 is 1.84 bits per heavy atom. The van der Waals surface area contributed by atoms with Gasteiger partial charge < -0.3 is 9.84 Å². The third-order valence-corrected chi connectivity index (χ3v) is 7.43. The smallest absolute Gasteiger partial charge is 0.136 e. The zero-order chi connectivity index (χ0) is 21.6. The minimum Gasteiger partial charge on any atom is -0.508 e. The Balaban J connectivity index is 1.38. The Hall–Kier alpha value is -2.13. The molecule has 0 heterocycles. The van der Waals surface area contributed by atoms with Gasteiger partial charge in [-0.05, 0) is 66.7 Å². The standard InChI is InChI=1S/C28H36O3/c1-2-3-5-12-23(31-19-20-9-6-4-7-10-20)14-15-24-25-16-21-11-8-13-27(29)26(21)17-22(25)18-28(24)30/h4,6-11,13,22-25,29H,2-3,5,12,14-19H2,1H3/t22?,23-,24-,25?/m0/s1. The summed E-state index contributed by atoms with van der Waals surface area (Å²) >= 11 is 0. The highest BCUT2D eigenvalue weighted by Gasteiger charge is 2.44. The maximum Gasteiger partial charge on any atom is 0.136 e. The SMILES string of the molecule is CCCCC[C@@H](CC[C@@H]1C(=O)CC2Cc3c(O)cccc3CC21)OCc1ccccc1. The summed E-state index contributed by atoms with van der Waals surface area (Å²) in [7, 11) is 0. The number of hydrogen-bond acceptors (Lipinski definition) is 3. The first kappa shape index (κ1) is 22.1. The number of phenolic OH excluding ortho intramolecular Hbond substituents is 1. The van der Waals surface area contributed by atoms with Crippen LogP contribution in [0.5, 0.6) is 5.75 Å². The number of phenols is 1. The second-order valence-electron chi connectivity index (χ2n) is 9.52. The van der Waals surface area contributed by atoms with Crippen molar-refractivity contribution in [2.24, 2.45) is 17.8 Å². The zero-order valence-electron chi connectivity index (χ0n) is 18.8. The molecule has 2 aliphatic rings. The maximum absolute atomic E-state index is 12.9. The van der Waals surface area contributed by atoms with Gasteiger partial charge in [-0.15, -0.1) is 0 Å². The van der Waals surface area contributed by atoms with Gasteiger partial charge >= 0.3 is 0 Å². The molecular weight excluding hydrogens is 384 g/mol. The molecule has 2 aliphatic carbocycles. The van der Waals surface area contributed by atoms with E-state index in [1.54, 1.807) is 6.07 Å². The number of benzene rings is 2. The van der Waals surface area contributed by atoms with E-state index in [4.69, 9.17) is 4.74 Å². The summed E-state index contributed by atoms with van der Waals surface area (Å²) in [6.07, 6.45) is 9.27. The van der Waals surface area contributed by atoms with Crippen LogP contribution in [0.3, 0.4) is 0 Å². The van der Waals surface area contributed by atoms with E-state index in [1.807, 2.05) is 12.1 Å². The Morgan fingerprint density at radius 3 is 2.65 bits per heavy atom. The van der Waals surface area contributed by atoms with Crippen LogP contribution in [0.4, 0.5) is 0 Å². The molecule has 4 rings (SSSR count). The van der Waals surface area contributed by atoms with Crippen molar-refractivity contribution in [3.63, 3.8) is 0 Å².